The molecule has 3 aromatic rings. The summed E-state index contributed by atoms with van der Waals surface area (Å²) >= 11 is 12.0. The quantitative estimate of drug-likeness (QED) is 0.305. The Morgan fingerprint density at radius 3 is 2.33 bits per heavy atom. The zero-order valence-corrected chi connectivity index (χ0v) is 21.0. The minimum absolute atomic E-state index is 0.166. The summed E-state index contributed by atoms with van der Waals surface area (Å²) in [6, 6.07) is 16.5. The summed E-state index contributed by atoms with van der Waals surface area (Å²) in [5.74, 6) is -0.620. The lowest BCUT2D eigenvalue weighted by Crippen LogP contribution is -2.54. The van der Waals surface area contributed by atoms with Crippen molar-refractivity contribution in [3.63, 3.8) is 0 Å². The van der Waals surface area contributed by atoms with Gasteiger partial charge in [0.15, 0.2) is 11.5 Å². The van der Waals surface area contributed by atoms with Gasteiger partial charge in [-0.1, -0.05) is 59.1 Å². The number of urea groups is 1. The van der Waals surface area contributed by atoms with E-state index in [1.165, 1.54) is 24.3 Å². The maximum Gasteiger partial charge on any atom is 0.335 e. The van der Waals surface area contributed by atoms with Gasteiger partial charge in [-0.15, -0.1) is 0 Å². The predicted octanol–water partition coefficient (Wildman–Crippen LogP) is 5.95. The number of aryl methyl sites for hydroxylation is 1. The lowest BCUT2D eigenvalue weighted by molar-refractivity contribution is -0.122. The van der Waals surface area contributed by atoms with Gasteiger partial charge >= 0.3 is 6.03 Å². The van der Waals surface area contributed by atoms with Crippen molar-refractivity contribution >= 4 is 52.8 Å². The van der Waals surface area contributed by atoms with Crippen molar-refractivity contribution in [1.29, 1.82) is 0 Å². The fourth-order valence-corrected chi connectivity index (χ4v) is 3.82. The molecule has 0 saturated carbocycles. The van der Waals surface area contributed by atoms with E-state index < -0.39 is 17.8 Å². The number of hydrogen-bond acceptors (Lipinski definition) is 5. The molecule has 0 aromatic heterocycles. The number of nitrogens with zero attached hydrogens (tertiary/aromatic N) is 1. The van der Waals surface area contributed by atoms with Gasteiger partial charge in [-0.2, -0.15) is 0 Å². The molecule has 0 unspecified atom stereocenters. The second-order valence-electron chi connectivity index (χ2n) is 7.97. The van der Waals surface area contributed by atoms with Crippen molar-refractivity contribution in [3.05, 3.63) is 93.0 Å². The van der Waals surface area contributed by atoms with Crippen molar-refractivity contribution in [2.24, 2.45) is 0 Å². The lowest BCUT2D eigenvalue weighted by atomic mass is 10.1. The van der Waals surface area contributed by atoms with Crippen molar-refractivity contribution in [2.75, 3.05) is 11.5 Å². The molecule has 4 rings (SSSR count). The first-order valence-electron chi connectivity index (χ1n) is 11.1. The summed E-state index contributed by atoms with van der Waals surface area (Å²) < 4.78 is 11.7. The Labute approximate surface area is 218 Å². The van der Waals surface area contributed by atoms with E-state index in [0.717, 1.165) is 16.0 Å². The van der Waals surface area contributed by atoms with Crippen molar-refractivity contribution in [1.82, 2.24) is 5.32 Å². The smallest absolute Gasteiger partial charge is 0.335 e. The number of imide groups is 2. The number of anilines is 1. The molecule has 1 saturated heterocycles. The van der Waals surface area contributed by atoms with E-state index in [2.05, 4.69) is 5.32 Å². The Morgan fingerprint density at radius 2 is 1.64 bits per heavy atom. The van der Waals surface area contributed by atoms with Gasteiger partial charge < -0.3 is 9.47 Å². The average molecular weight is 525 g/mol. The first kappa shape index (κ1) is 25.3. The molecule has 1 fully saturated rings. The number of nitrogens with one attached hydrogen (secondary N) is 1. The maximum atomic E-state index is 13.2. The molecule has 0 aliphatic carbocycles. The van der Waals surface area contributed by atoms with Crippen molar-refractivity contribution in [2.45, 2.75) is 20.5 Å². The zero-order valence-electron chi connectivity index (χ0n) is 19.5. The van der Waals surface area contributed by atoms with E-state index in [1.54, 1.807) is 18.2 Å². The topological polar surface area (TPSA) is 84.9 Å². The summed E-state index contributed by atoms with van der Waals surface area (Å²) in [4.78, 5) is 38.9. The predicted molar refractivity (Wildman–Crippen MR) is 139 cm³/mol. The monoisotopic (exact) mass is 524 g/mol. The summed E-state index contributed by atoms with van der Waals surface area (Å²) in [7, 11) is 0. The SMILES string of the molecule is CCOc1cc(/C=C2\C(=O)NC(=O)N(c3ccc(Cl)c(Cl)c3)C2=O)ccc1OCc1ccc(C)cc1. The highest BCUT2D eigenvalue weighted by Gasteiger charge is 2.37. The molecule has 9 heteroatoms. The van der Waals surface area contributed by atoms with E-state index in [1.807, 2.05) is 38.1 Å². The molecule has 3 aromatic carbocycles. The molecule has 0 spiro atoms. The summed E-state index contributed by atoms with van der Waals surface area (Å²) in [6.07, 6.45) is 1.39. The van der Waals surface area contributed by atoms with Crippen LogP contribution in [0.4, 0.5) is 10.5 Å². The highest BCUT2D eigenvalue weighted by atomic mass is 35.5. The Hall–Kier alpha value is -3.81. The van der Waals surface area contributed by atoms with E-state index in [4.69, 9.17) is 32.7 Å². The lowest BCUT2D eigenvalue weighted by Gasteiger charge is -2.26. The normalized spacial score (nSPS) is 14.7. The molecule has 0 atom stereocenters. The fraction of sp³-hybridized carbons (Fsp3) is 0.148. The largest absolute Gasteiger partial charge is 0.490 e. The van der Waals surface area contributed by atoms with Crippen LogP contribution >= 0.6 is 23.2 Å². The molecule has 0 radical (unpaired) electrons. The van der Waals surface area contributed by atoms with Gasteiger partial charge in [-0.3, -0.25) is 14.9 Å². The number of ether oxygens (including phenoxy) is 2. The molecule has 184 valence electrons. The standard InChI is InChI=1S/C27H22Cl2N2O5/c1-3-35-24-13-18(8-11-23(24)36-15-17-6-4-16(2)5-7-17)12-20-25(32)30-27(34)31(26(20)33)19-9-10-21(28)22(29)14-19/h4-14H,3,15H2,1-2H3,(H,30,32,34)/b20-12+. The first-order chi connectivity index (χ1) is 17.3. The third kappa shape index (κ3) is 5.53. The van der Waals surface area contributed by atoms with Crippen LogP contribution in [0.5, 0.6) is 11.5 Å². The molecule has 0 bridgehead atoms. The zero-order chi connectivity index (χ0) is 25.8. The van der Waals surface area contributed by atoms with E-state index >= 15 is 0 Å². The Morgan fingerprint density at radius 1 is 0.889 bits per heavy atom. The third-order valence-corrected chi connectivity index (χ3v) is 6.10. The number of carbonyl (C=O) groups is 3. The van der Waals surface area contributed by atoms with Crippen LogP contribution in [0.3, 0.4) is 0 Å². The van der Waals surface area contributed by atoms with Gasteiger partial charge in [0.1, 0.15) is 12.2 Å². The second kappa shape index (κ2) is 10.8. The molecule has 36 heavy (non-hydrogen) atoms. The van der Waals surface area contributed by atoms with Crippen LogP contribution in [0, 0.1) is 6.92 Å². The molecular weight excluding hydrogens is 503 g/mol. The maximum absolute atomic E-state index is 13.2. The molecule has 7 nitrogen and oxygen atoms in total. The molecule has 4 amide bonds. The Balaban J connectivity index is 1.61. The van der Waals surface area contributed by atoms with Crippen LogP contribution in [0.15, 0.2) is 66.2 Å². The molecule has 1 aliphatic heterocycles. The average Bonchev–Trinajstić information content (AvgIpc) is 2.84. The number of rotatable bonds is 7. The fourth-order valence-electron chi connectivity index (χ4n) is 3.53. The number of amides is 4. The minimum Gasteiger partial charge on any atom is -0.490 e. The second-order valence-corrected chi connectivity index (χ2v) is 8.78. The van der Waals surface area contributed by atoms with Crippen LogP contribution in [-0.2, 0) is 16.2 Å². The third-order valence-electron chi connectivity index (χ3n) is 5.36. The van der Waals surface area contributed by atoms with Crippen LogP contribution in [0.25, 0.3) is 6.08 Å². The van der Waals surface area contributed by atoms with Crippen LogP contribution < -0.4 is 19.7 Å². The molecule has 1 heterocycles. The van der Waals surface area contributed by atoms with Crippen molar-refractivity contribution in [3.8, 4) is 11.5 Å². The van der Waals surface area contributed by atoms with Crippen LogP contribution in [-0.4, -0.2) is 24.5 Å². The van der Waals surface area contributed by atoms with Gasteiger partial charge in [-0.05, 0) is 61.4 Å². The highest BCUT2D eigenvalue weighted by Crippen LogP contribution is 2.32. The number of barbiturate groups is 1. The van der Waals surface area contributed by atoms with Crippen LogP contribution in [0.1, 0.15) is 23.6 Å². The van der Waals surface area contributed by atoms with Crippen molar-refractivity contribution < 1.29 is 23.9 Å². The molecular formula is C27H22Cl2N2O5. The van der Waals surface area contributed by atoms with Crippen LogP contribution in [0.2, 0.25) is 10.0 Å². The van der Waals surface area contributed by atoms with Gasteiger partial charge in [0, 0.05) is 0 Å². The van der Waals surface area contributed by atoms with E-state index in [9.17, 15) is 14.4 Å². The minimum atomic E-state index is -0.879. The van der Waals surface area contributed by atoms with Gasteiger partial charge in [0.2, 0.25) is 0 Å². The number of hydrogen-bond donors (Lipinski definition) is 1. The summed E-state index contributed by atoms with van der Waals surface area (Å²) in [5, 5.41) is 2.62. The Bertz CT molecular complexity index is 1370. The number of halogens is 2. The Kier molecular flexibility index (Phi) is 7.62. The van der Waals surface area contributed by atoms with E-state index in [-0.39, 0.29) is 21.3 Å². The molecule has 1 aliphatic rings. The first-order valence-corrected chi connectivity index (χ1v) is 11.8. The van der Waals surface area contributed by atoms with Gasteiger partial charge in [-0.25, -0.2) is 9.69 Å². The van der Waals surface area contributed by atoms with Gasteiger partial charge in [0.05, 0.1) is 22.3 Å². The summed E-state index contributed by atoms with van der Waals surface area (Å²) in [5.41, 5.74) is 2.64. The number of carbonyl (C=O) groups excluding carboxylic acids is 3. The van der Waals surface area contributed by atoms with Gasteiger partial charge in [0.25, 0.3) is 11.8 Å². The molecule has 1 N–H and O–H groups in total. The van der Waals surface area contributed by atoms with E-state index in [0.29, 0.717) is 30.3 Å². The highest BCUT2D eigenvalue weighted by molar-refractivity contribution is 6.43. The number of benzene rings is 3. The summed E-state index contributed by atoms with van der Waals surface area (Å²) in [6.45, 7) is 4.60.